The number of piperidine rings is 1. The number of benzene rings is 2. The fourth-order valence-corrected chi connectivity index (χ4v) is 5.61. The van der Waals surface area contributed by atoms with Crippen LogP contribution in [-0.4, -0.2) is 59.5 Å². The Labute approximate surface area is 209 Å². The van der Waals surface area contributed by atoms with Crippen molar-refractivity contribution in [2.75, 3.05) is 44.6 Å². The fourth-order valence-electron chi connectivity index (χ4n) is 5.61. The fraction of sp³-hybridized carbons (Fsp3) is 0.429. The third kappa shape index (κ3) is 3.93. The molecule has 1 N–H and O–H groups in total. The average Bonchev–Trinajstić information content (AvgIpc) is 3.41. The molecule has 7 nitrogen and oxygen atoms in total. The number of nitrogens with zero attached hydrogens (tertiary/aromatic N) is 3. The number of likely N-dealkylation sites (tertiary alicyclic amines) is 2. The van der Waals surface area contributed by atoms with Crippen molar-refractivity contribution >= 4 is 22.5 Å². The average molecular weight is 491 g/mol. The van der Waals surface area contributed by atoms with Crippen LogP contribution in [0.25, 0.3) is 16.6 Å². The zero-order chi connectivity index (χ0) is 24.8. The number of pyridine rings is 1. The van der Waals surface area contributed by atoms with Crippen LogP contribution in [0.4, 0.5) is 10.1 Å². The monoisotopic (exact) mass is 490 g/mol. The van der Waals surface area contributed by atoms with Crippen LogP contribution in [0.2, 0.25) is 0 Å². The van der Waals surface area contributed by atoms with Crippen molar-refractivity contribution in [3.8, 4) is 17.2 Å². The van der Waals surface area contributed by atoms with Crippen molar-refractivity contribution in [1.29, 1.82) is 0 Å². The summed E-state index contributed by atoms with van der Waals surface area (Å²) < 4.78 is 23.5. The van der Waals surface area contributed by atoms with Crippen LogP contribution in [0.5, 0.6) is 11.5 Å². The molecular weight excluding hydrogens is 459 g/mol. The number of carbonyl (C=O) groups is 1. The van der Waals surface area contributed by atoms with Crippen LogP contribution in [0.3, 0.4) is 0 Å². The lowest BCUT2D eigenvalue weighted by molar-refractivity contribution is 0.0695. The van der Waals surface area contributed by atoms with E-state index in [1.807, 2.05) is 28.8 Å². The highest BCUT2D eigenvalue weighted by molar-refractivity contribution is 6.01. The van der Waals surface area contributed by atoms with Gasteiger partial charge >= 0.3 is 0 Å². The second-order valence-corrected chi connectivity index (χ2v) is 10.2. The highest BCUT2D eigenvalue weighted by Crippen LogP contribution is 2.45. The number of hydrogen-bond acceptors (Lipinski definition) is 5. The van der Waals surface area contributed by atoms with Gasteiger partial charge in [-0.15, -0.1) is 0 Å². The molecule has 0 aliphatic carbocycles. The number of para-hydroxylation sites is 2. The SMILES string of the molecule is CC1CCN(C(=O)c2cn3c4c(c(NCCN5CCCC5)c(F)cc4c2=O)Oc2ccccc2-3)CC1. The quantitative estimate of drug-likeness (QED) is 0.442. The molecule has 0 bridgehead atoms. The summed E-state index contributed by atoms with van der Waals surface area (Å²) in [5.41, 5.74) is 1.04. The van der Waals surface area contributed by atoms with Crippen molar-refractivity contribution < 1.29 is 13.9 Å². The molecule has 0 saturated carbocycles. The Kier molecular flexibility index (Phi) is 5.91. The molecule has 188 valence electrons. The van der Waals surface area contributed by atoms with E-state index in [0.29, 0.717) is 42.5 Å². The Balaban J connectivity index is 1.45. The van der Waals surface area contributed by atoms with Gasteiger partial charge in [-0.1, -0.05) is 19.1 Å². The van der Waals surface area contributed by atoms with E-state index in [4.69, 9.17) is 4.74 Å². The molecule has 3 aliphatic heterocycles. The molecule has 1 aromatic heterocycles. The molecule has 4 heterocycles. The molecule has 36 heavy (non-hydrogen) atoms. The molecule has 8 heteroatoms. The highest BCUT2D eigenvalue weighted by atomic mass is 19.1. The number of anilines is 1. The van der Waals surface area contributed by atoms with Gasteiger partial charge in [0, 0.05) is 32.4 Å². The Morgan fingerprint density at radius 3 is 2.67 bits per heavy atom. The lowest BCUT2D eigenvalue weighted by Crippen LogP contribution is -2.40. The van der Waals surface area contributed by atoms with Crippen molar-refractivity contribution in [3.63, 3.8) is 0 Å². The Bertz CT molecular complexity index is 1390. The third-order valence-corrected chi connectivity index (χ3v) is 7.76. The number of ether oxygens (including phenoxy) is 1. The molecule has 0 spiro atoms. The molecule has 0 unspecified atom stereocenters. The Morgan fingerprint density at radius 2 is 1.89 bits per heavy atom. The number of fused-ring (bicyclic) bond motifs is 2. The topological polar surface area (TPSA) is 66.8 Å². The van der Waals surface area contributed by atoms with E-state index in [9.17, 15) is 9.59 Å². The van der Waals surface area contributed by atoms with Gasteiger partial charge in [0.15, 0.2) is 17.3 Å². The van der Waals surface area contributed by atoms with Gasteiger partial charge in [-0.05, 0) is 62.9 Å². The summed E-state index contributed by atoms with van der Waals surface area (Å²) in [5, 5.41) is 3.38. The minimum absolute atomic E-state index is 0.0637. The number of rotatable bonds is 5. The van der Waals surface area contributed by atoms with Crippen molar-refractivity contribution in [2.24, 2.45) is 5.92 Å². The maximum atomic E-state index is 15.5. The maximum Gasteiger partial charge on any atom is 0.259 e. The van der Waals surface area contributed by atoms with Crippen LogP contribution in [0.1, 0.15) is 43.0 Å². The first-order valence-electron chi connectivity index (χ1n) is 13.0. The largest absolute Gasteiger partial charge is 0.451 e. The van der Waals surface area contributed by atoms with Crippen LogP contribution in [0, 0.1) is 11.7 Å². The first-order chi connectivity index (χ1) is 17.5. The standard InChI is InChI=1S/C28H31FN4O3/c1-18-8-13-32(14-9-18)28(35)20-17-33-22-6-2-3-7-23(22)36-27-24(30-10-15-31-11-4-5-12-31)21(29)16-19(25(27)33)26(20)34/h2-3,6-7,16-18,30H,4-5,8-15H2,1H3. The van der Waals surface area contributed by atoms with Crippen LogP contribution >= 0.6 is 0 Å². The first kappa shape index (κ1) is 23.0. The van der Waals surface area contributed by atoms with Gasteiger partial charge in [0.05, 0.1) is 11.1 Å². The number of aromatic nitrogens is 1. The Hall–Kier alpha value is -3.39. The maximum absolute atomic E-state index is 15.5. The predicted molar refractivity (Wildman–Crippen MR) is 138 cm³/mol. The highest BCUT2D eigenvalue weighted by Gasteiger charge is 2.30. The van der Waals surface area contributed by atoms with Crippen LogP contribution < -0.4 is 15.5 Å². The van der Waals surface area contributed by atoms with E-state index in [2.05, 4.69) is 17.1 Å². The van der Waals surface area contributed by atoms with Gasteiger partial charge in [-0.3, -0.25) is 9.59 Å². The molecule has 6 rings (SSSR count). The van der Waals surface area contributed by atoms with Crippen LogP contribution in [-0.2, 0) is 0 Å². The van der Waals surface area contributed by atoms with E-state index in [1.54, 1.807) is 11.1 Å². The number of nitrogens with one attached hydrogen (secondary N) is 1. The Morgan fingerprint density at radius 1 is 1.14 bits per heavy atom. The molecule has 0 atom stereocenters. The lowest BCUT2D eigenvalue weighted by atomic mass is 9.98. The van der Waals surface area contributed by atoms with E-state index in [1.165, 1.54) is 18.9 Å². The predicted octanol–water partition coefficient (Wildman–Crippen LogP) is 4.62. The summed E-state index contributed by atoms with van der Waals surface area (Å²) >= 11 is 0. The van der Waals surface area contributed by atoms with Gasteiger partial charge in [-0.25, -0.2) is 4.39 Å². The van der Waals surface area contributed by atoms with E-state index < -0.39 is 11.2 Å². The minimum Gasteiger partial charge on any atom is -0.451 e. The smallest absolute Gasteiger partial charge is 0.259 e. The second kappa shape index (κ2) is 9.24. The van der Waals surface area contributed by atoms with Crippen molar-refractivity contribution in [3.05, 3.63) is 58.1 Å². The summed E-state index contributed by atoms with van der Waals surface area (Å²) in [7, 11) is 0. The van der Waals surface area contributed by atoms with Crippen molar-refractivity contribution in [1.82, 2.24) is 14.4 Å². The van der Waals surface area contributed by atoms with Gasteiger partial charge in [0.25, 0.3) is 5.91 Å². The third-order valence-electron chi connectivity index (χ3n) is 7.76. The van der Waals surface area contributed by atoms with Gasteiger partial charge < -0.3 is 24.4 Å². The zero-order valence-electron chi connectivity index (χ0n) is 20.6. The van der Waals surface area contributed by atoms with Gasteiger partial charge in [-0.2, -0.15) is 0 Å². The summed E-state index contributed by atoms with van der Waals surface area (Å²) in [5.74, 6) is 0.543. The summed E-state index contributed by atoms with van der Waals surface area (Å²) in [6.07, 6.45) is 5.82. The zero-order valence-corrected chi connectivity index (χ0v) is 20.6. The van der Waals surface area contributed by atoms with E-state index in [-0.39, 0.29) is 28.3 Å². The molecular formula is C28H31FN4O3. The molecule has 2 saturated heterocycles. The number of amides is 1. The molecule has 1 amide bonds. The number of halogens is 1. The molecule has 3 aliphatic rings. The van der Waals surface area contributed by atoms with Gasteiger partial charge in [0.2, 0.25) is 5.43 Å². The summed E-state index contributed by atoms with van der Waals surface area (Å²) in [6, 6.07) is 8.67. The second-order valence-electron chi connectivity index (χ2n) is 10.2. The first-order valence-corrected chi connectivity index (χ1v) is 13.0. The molecule has 3 aromatic rings. The van der Waals surface area contributed by atoms with E-state index in [0.717, 1.165) is 32.5 Å². The summed E-state index contributed by atoms with van der Waals surface area (Å²) in [6.45, 7) is 6.91. The summed E-state index contributed by atoms with van der Waals surface area (Å²) in [4.78, 5) is 31.1. The lowest BCUT2D eigenvalue weighted by Gasteiger charge is -2.31. The molecule has 2 fully saturated rings. The van der Waals surface area contributed by atoms with Crippen molar-refractivity contribution in [2.45, 2.75) is 32.6 Å². The number of hydrogen-bond donors (Lipinski definition) is 1. The van der Waals surface area contributed by atoms with Gasteiger partial charge in [0.1, 0.15) is 16.8 Å². The minimum atomic E-state index is -0.557. The van der Waals surface area contributed by atoms with E-state index >= 15 is 4.39 Å². The van der Waals surface area contributed by atoms with Crippen LogP contribution in [0.15, 0.2) is 41.3 Å². The normalized spacial score (nSPS) is 17.8. The molecule has 0 radical (unpaired) electrons. The number of carbonyl (C=O) groups excluding carboxylic acids is 1. The molecule has 2 aromatic carbocycles.